The van der Waals surface area contributed by atoms with Crippen LogP contribution in [0.3, 0.4) is 0 Å². The van der Waals surface area contributed by atoms with Crippen molar-refractivity contribution in [3.05, 3.63) is 71.3 Å². The fourth-order valence-corrected chi connectivity index (χ4v) is 4.89. The molecule has 2 heterocycles. The van der Waals surface area contributed by atoms with Crippen LogP contribution >= 0.6 is 0 Å². The Bertz CT molecular complexity index is 891. The highest BCUT2D eigenvalue weighted by atomic mass is 16.2. The Hall–Kier alpha value is -2.66. The van der Waals surface area contributed by atoms with E-state index in [1.807, 2.05) is 23.1 Å². The van der Waals surface area contributed by atoms with Crippen molar-refractivity contribution in [1.29, 1.82) is 0 Å². The fourth-order valence-electron chi connectivity index (χ4n) is 4.89. The lowest BCUT2D eigenvalue weighted by Gasteiger charge is -2.35. The maximum absolute atomic E-state index is 13.0. The molecule has 32 heavy (non-hydrogen) atoms. The number of hydrogen-bond acceptors (Lipinski definition) is 3. The van der Waals surface area contributed by atoms with Crippen LogP contribution in [0.5, 0.6) is 0 Å². The minimum Gasteiger partial charge on any atom is -0.354 e. The topological polar surface area (TPSA) is 52.7 Å². The molecular weight excluding hydrogens is 398 g/mol. The minimum absolute atomic E-state index is 0.00897. The van der Waals surface area contributed by atoms with E-state index in [0.29, 0.717) is 26.1 Å². The van der Waals surface area contributed by atoms with Gasteiger partial charge in [0.05, 0.1) is 12.0 Å². The molecule has 2 atom stereocenters. The van der Waals surface area contributed by atoms with Crippen LogP contribution in [0, 0.1) is 12.8 Å². The summed E-state index contributed by atoms with van der Waals surface area (Å²) in [5.74, 6) is -0.153. The average Bonchev–Trinajstić information content (AvgIpc) is 3.21. The molecular formula is C27H35N3O2. The van der Waals surface area contributed by atoms with E-state index in [4.69, 9.17) is 0 Å². The summed E-state index contributed by atoms with van der Waals surface area (Å²) in [6, 6.07) is 19.0. The van der Waals surface area contributed by atoms with Gasteiger partial charge in [-0.3, -0.25) is 14.5 Å². The Morgan fingerprint density at radius 3 is 2.47 bits per heavy atom. The van der Waals surface area contributed by atoms with Crippen molar-refractivity contribution < 1.29 is 9.59 Å². The molecule has 2 unspecified atom stereocenters. The highest BCUT2D eigenvalue weighted by molar-refractivity contribution is 5.89. The van der Waals surface area contributed by atoms with Crippen molar-refractivity contribution in [3.8, 4) is 0 Å². The second kappa shape index (κ2) is 10.8. The summed E-state index contributed by atoms with van der Waals surface area (Å²) in [5, 5.41) is 3.19. The van der Waals surface area contributed by atoms with E-state index in [1.165, 1.54) is 36.0 Å². The van der Waals surface area contributed by atoms with Crippen LogP contribution in [-0.4, -0.2) is 54.3 Å². The van der Waals surface area contributed by atoms with Gasteiger partial charge in [0.2, 0.25) is 11.8 Å². The lowest BCUT2D eigenvalue weighted by atomic mass is 10.00. The SMILES string of the molecule is Cc1ccc(C(CNC(=O)C2CC(=O)N(CCc3ccccc3)C2)N2CCCCC2)cc1. The van der Waals surface area contributed by atoms with E-state index in [1.54, 1.807) is 0 Å². The fraction of sp³-hybridized carbons (Fsp3) is 0.481. The molecule has 2 aromatic carbocycles. The minimum atomic E-state index is -0.252. The van der Waals surface area contributed by atoms with Gasteiger partial charge in [0.25, 0.3) is 0 Å². The normalized spacial score (nSPS) is 20.3. The third-order valence-corrected chi connectivity index (χ3v) is 6.86. The van der Waals surface area contributed by atoms with Gasteiger partial charge in [0.1, 0.15) is 0 Å². The van der Waals surface area contributed by atoms with Gasteiger partial charge in [-0.15, -0.1) is 0 Å². The largest absolute Gasteiger partial charge is 0.354 e. The third-order valence-electron chi connectivity index (χ3n) is 6.86. The molecule has 5 nitrogen and oxygen atoms in total. The molecule has 0 bridgehead atoms. The number of hydrogen-bond donors (Lipinski definition) is 1. The highest BCUT2D eigenvalue weighted by Gasteiger charge is 2.34. The van der Waals surface area contributed by atoms with Gasteiger partial charge < -0.3 is 10.2 Å². The summed E-state index contributed by atoms with van der Waals surface area (Å²) < 4.78 is 0. The van der Waals surface area contributed by atoms with Crippen LogP contribution < -0.4 is 5.32 Å². The molecule has 4 rings (SSSR count). The summed E-state index contributed by atoms with van der Waals surface area (Å²) in [6.45, 7) is 6.04. The van der Waals surface area contributed by atoms with E-state index in [0.717, 1.165) is 19.5 Å². The molecule has 0 aliphatic carbocycles. The van der Waals surface area contributed by atoms with Crippen LogP contribution in [0.15, 0.2) is 54.6 Å². The number of nitrogens with one attached hydrogen (secondary N) is 1. The van der Waals surface area contributed by atoms with Gasteiger partial charge in [-0.1, -0.05) is 66.6 Å². The first-order valence-corrected chi connectivity index (χ1v) is 12.0. The van der Waals surface area contributed by atoms with Crippen LogP contribution in [0.2, 0.25) is 0 Å². The van der Waals surface area contributed by atoms with Crippen molar-refractivity contribution in [2.45, 2.75) is 45.1 Å². The first kappa shape index (κ1) is 22.5. The smallest absolute Gasteiger partial charge is 0.225 e. The van der Waals surface area contributed by atoms with Gasteiger partial charge in [-0.05, 0) is 50.4 Å². The predicted molar refractivity (Wildman–Crippen MR) is 127 cm³/mol. The number of carbonyl (C=O) groups excluding carboxylic acids is 2. The Morgan fingerprint density at radius 2 is 1.75 bits per heavy atom. The van der Waals surface area contributed by atoms with Crippen molar-refractivity contribution in [1.82, 2.24) is 15.1 Å². The number of benzene rings is 2. The van der Waals surface area contributed by atoms with Crippen molar-refractivity contribution in [3.63, 3.8) is 0 Å². The zero-order valence-corrected chi connectivity index (χ0v) is 19.1. The molecule has 2 saturated heterocycles. The number of rotatable bonds is 8. The molecule has 2 amide bonds. The Labute approximate surface area is 191 Å². The van der Waals surface area contributed by atoms with E-state index in [9.17, 15) is 9.59 Å². The number of piperidine rings is 1. The van der Waals surface area contributed by atoms with E-state index in [2.05, 4.69) is 53.5 Å². The van der Waals surface area contributed by atoms with Crippen LogP contribution in [-0.2, 0) is 16.0 Å². The molecule has 2 aliphatic heterocycles. The Kier molecular flexibility index (Phi) is 7.59. The maximum atomic E-state index is 13.0. The molecule has 1 N–H and O–H groups in total. The summed E-state index contributed by atoms with van der Waals surface area (Å²) in [4.78, 5) is 29.8. The Morgan fingerprint density at radius 1 is 1.03 bits per heavy atom. The summed E-state index contributed by atoms with van der Waals surface area (Å²) >= 11 is 0. The Balaban J connectivity index is 1.33. The predicted octanol–water partition coefficient (Wildman–Crippen LogP) is 3.73. The second-order valence-corrected chi connectivity index (χ2v) is 9.24. The first-order valence-electron chi connectivity index (χ1n) is 12.0. The number of amides is 2. The highest BCUT2D eigenvalue weighted by Crippen LogP contribution is 2.25. The molecule has 2 aromatic rings. The van der Waals surface area contributed by atoms with Crippen molar-refractivity contribution in [2.75, 3.05) is 32.7 Å². The summed E-state index contributed by atoms with van der Waals surface area (Å²) in [6.07, 6.45) is 4.85. The van der Waals surface area contributed by atoms with E-state index in [-0.39, 0.29) is 23.8 Å². The van der Waals surface area contributed by atoms with Crippen molar-refractivity contribution >= 4 is 11.8 Å². The van der Waals surface area contributed by atoms with E-state index < -0.39 is 0 Å². The van der Waals surface area contributed by atoms with Gasteiger partial charge in [0.15, 0.2) is 0 Å². The van der Waals surface area contributed by atoms with Crippen LogP contribution in [0.4, 0.5) is 0 Å². The lowest BCUT2D eigenvalue weighted by molar-refractivity contribution is -0.129. The summed E-state index contributed by atoms with van der Waals surface area (Å²) in [7, 11) is 0. The molecule has 0 aromatic heterocycles. The van der Waals surface area contributed by atoms with Gasteiger partial charge in [0, 0.05) is 26.1 Å². The van der Waals surface area contributed by atoms with Gasteiger partial charge >= 0.3 is 0 Å². The maximum Gasteiger partial charge on any atom is 0.225 e. The molecule has 0 spiro atoms. The third kappa shape index (κ3) is 5.77. The zero-order chi connectivity index (χ0) is 22.3. The standard InChI is InChI=1S/C27H35N3O2/c1-21-10-12-23(13-11-21)25(29-15-6-3-7-16-29)19-28-27(32)24-18-26(31)30(20-24)17-14-22-8-4-2-5-9-22/h2,4-5,8-13,24-25H,3,6-7,14-20H2,1H3,(H,28,32). The second-order valence-electron chi connectivity index (χ2n) is 9.24. The van der Waals surface area contributed by atoms with Gasteiger partial charge in [-0.25, -0.2) is 0 Å². The molecule has 0 radical (unpaired) electrons. The molecule has 5 heteroatoms. The number of likely N-dealkylation sites (tertiary alicyclic amines) is 2. The number of aryl methyl sites for hydroxylation is 1. The lowest BCUT2D eigenvalue weighted by Crippen LogP contribution is -2.42. The molecule has 170 valence electrons. The van der Waals surface area contributed by atoms with Crippen LogP contribution in [0.1, 0.15) is 48.4 Å². The summed E-state index contributed by atoms with van der Waals surface area (Å²) in [5.41, 5.74) is 3.72. The zero-order valence-electron chi connectivity index (χ0n) is 19.1. The average molecular weight is 434 g/mol. The molecule has 2 aliphatic rings. The molecule has 2 fully saturated rings. The van der Waals surface area contributed by atoms with E-state index >= 15 is 0 Å². The first-order chi connectivity index (χ1) is 15.6. The molecule has 0 saturated carbocycles. The number of carbonyl (C=O) groups is 2. The van der Waals surface area contributed by atoms with Crippen molar-refractivity contribution in [2.24, 2.45) is 5.92 Å². The van der Waals surface area contributed by atoms with Gasteiger partial charge in [-0.2, -0.15) is 0 Å². The van der Waals surface area contributed by atoms with Crippen LogP contribution in [0.25, 0.3) is 0 Å². The number of nitrogens with zero attached hydrogens (tertiary/aromatic N) is 2. The monoisotopic (exact) mass is 433 g/mol. The quantitative estimate of drug-likeness (QED) is 0.690.